The van der Waals surface area contributed by atoms with E-state index in [1.165, 1.54) is 11.1 Å². The molecule has 3 heteroatoms. The summed E-state index contributed by atoms with van der Waals surface area (Å²) in [6, 6.07) is 6.69. The highest BCUT2D eigenvalue weighted by Gasteiger charge is 2.24. The van der Waals surface area contributed by atoms with E-state index in [1.54, 1.807) is 7.11 Å². The van der Waals surface area contributed by atoms with Gasteiger partial charge in [-0.2, -0.15) is 0 Å². The maximum atomic E-state index is 5.88. The Morgan fingerprint density at radius 2 is 2.00 bits per heavy atom. The van der Waals surface area contributed by atoms with E-state index < -0.39 is 0 Å². The first-order chi connectivity index (χ1) is 9.34. The fraction of sp³-hybridized carbons (Fsp3) is 0.647. The van der Waals surface area contributed by atoms with E-state index in [9.17, 15) is 0 Å². The summed E-state index contributed by atoms with van der Waals surface area (Å²) in [5.74, 6) is 0.965. The van der Waals surface area contributed by atoms with Crippen LogP contribution in [-0.4, -0.2) is 31.6 Å². The van der Waals surface area contributed by atoms with Crippen molar-refractivity contribution in [1.82, 2.24) is 4.90 Å². The number of nitrogens with zero attached hydrogens (tertiary/aromatic N) is 1. The van der Waals surface area contributed by atoms with Crippen LogP contribution in [0.3, 0.4) is 0 Å². The molecule has 0 heterocycles. The first kappa shape index (κ1) is 17.0. The average molecular weight is 278 g/mol. The van der Waals surface area contributed by atoms with Gasteiger partial charge in [0.1, 0.15) is 5.75 Å². The van der Waals surface area contributed by atoms with Crippen LogP contribution in [0.15, 0.2) is 18.2 Å². The summed E-state index contributed by atoms with van der Waals surface area (Å²) in [5, 5.41) is 0. The van der Waals surface area contributed by atoms with Gasteiger partial charge < -0.3 is 10.5 Å². The molecule has 1 aromatic carbocycles. The zero-order chi connectivity index (χ0) is 15.3. The van der Waals surface area contributed by atoms with Crippen molar-refractivity contribution < 1.29 is 4.74 Å². The molecule has 0 amide bonds. The van der Waals surface area contributed by atoms with Gasteiger partial charge in [-0.3, -0.25) is 4.90 Å². The van der Waals surface area contributed by atoms with Gasteiger partial charge >= 0.3 is 0 Å². The normalized spacial score (nSPS) is 13.6. The number of hydrogen-bond acceptors (Lipinski definition) is 3. The lowest BCUT2D eigenvalue weighted by atomic mass is 9.91. The van der Waals surface area contributed by atoms with Crippen molar-refractivity contribution in [2.45, 2.75) is 40.7 Å². The predicted octanol–water partition coefficient (Wildman–Crippen LogP) is 3.37. The monoisotopic (exact) mass is 278 g/mol. The number of nitrogens with two attached hydrogens (primary N) is 1. The predicted molar refractivity (Wildman–Crippen MR) is 86.2 cm³/mol. The fourth-order valence-corrected chi connectivity index (χ4v) is 2.51. The van der Waals surface area contributed by atoms with Crippen LogP contribution in [0.1, 0.15) is 44.9 Å². The second-order valence-corrected chi connectivity index (χ2v) is 6.35. The van der Waals surface area contributed by atoms with E-state index in [0.717, 1.165) is 18.8 Å². The van der Waals surface area contributed by atoms with E-state index in [2.05, 4.69) is 57.7 Å². The third-order valence-corrected chi connectivity index (χ3v) is 3.97. The van der Waals surface area contributed by atoms with Crippen molar-refractivity contribution in [3.63, 3.8) is 0 Å². The maximum Gasteiger partial charge on any atom is 0.123 e. The van der Waals surface area contributed by atoms with Gasteiger partial charge in [-0.25, -0.2) is 0 Å². The second-order valence-electron chi connectivity index (χ2n) is 6.35. The standard InChI is InChI=1S/C17H30N2O/c1-7-19(12-17(4,5)11-18)14(3)15-10-13(2)8-9-16(15)20-6/h8-10,14H,7,11-12,18H2,1-6H3. The average Bonchev–Trinajstić information content (AvgIpc) is 2.44. The molecule has 1 unspecified atom stereocenters. The topological polar surface area (TPSA) is 38.5 Å². The van der Waals surface area contributed by atoms with Crippen LogP contribution in [0, 0.1) is 12.3 Å². The SMILES string of the molecule is CCN(CC(C)(C)CN)C(C)c1cc(C)ccc1OC. The van der Waals surface area contributed by atoms with Crippen molar-refractivity contribution in [2.75, 3.05) is 26.7 Å². The van der Waals surface area contributed by atoms with Gasteiger partial charge in [0, 0.05) is 18.2 Å². The van der Waals surface area contributed by atoms with Gasteiger partial charge in [-0.1, -0.05) is 38.5 Å². The molecule has 0 saturated heterocycles. The highest BCUT2D eigenvalue weighted by atomic mass is 16.5. The molecule has 1 atom stereocenters. The quantitative estimate of drug-likeness (QED) is 0.831. The summed E-state index contributed by atoms with van der Waals surface area (Å²) in [5.41, 5.74) is 8.52. The Kier molecular flexibility index (Phi) is 6.03. The molecule has 114 valence electrons. The molecule has 3 nitrogen and oxygen atoms in total. The first-order valence-corrected chi connectivity index (χ1v) is 7.43. The molecule has 0 bridgehead atoms. The van der Waals surface area contributed by atoms with Gasteiger partial charge in [0.2, 0.25) is 0 Å². The minimum Gasteiger partial charge on any atom is -0.496 e. The van der Waals surface area contributed by atoms with Gasteiger partial charge in [0.05, 0.1) is 7.11 Å². The van der Waals surface area contributed by atoms with Crippen molar-refractivity contribution >= 4 is 0 Å². The largest absolute Gasteiger partial charge is 0.496 e. The van der Waals surface area contributed by atoms with E-state index in [0.29, 0.717) is 12.6 Å². The number of hydrogen-bond donors (Lipinski definition) is 1. The Hall–Kier alpha value is -1.06. The molecule has 1 rings (SSSR count). The highest BCUT2D eigenvalue weighted by molar-refractivity contribution is 5.39. The van der Waals surface area contributed by atoms with Gasteiger partial charge in [0.15, 0.2) is 0 Å². The molecule has 0 radical (unpaired) electrons. The molecule has 0 aliphatic heterocycles. The number of methoxy groups -OCH3 is 1. The number of benzene rings is 1. The third-order valence-electron chi connectivity index (χ3n) is 3.97. The summed E-state index contributed by atoms with van der Waals surface area (Å²) in [6.45, 7) is 13.7. The summed E-state index contributed by atoms with van der Waals surface area (Å²) in [7, 11) is 1.74. The van der Waals surface area contributed by atoms with Crippen LogP contribution >= 0.6 is 0 Å². The molecule has 0 fully saturated rings. The highest BCUT2D eigenvalue weighted by Crippen LogP contribution is 2.31. The van der Waals surface area contributed by atoms with Crippen LogP contribution < -0.4 is 10.5 Å². The van der Waals surface area contributed by atoms with Crippen molar-refractivity contribution in [3.05, 3.63) is 29.3 Å². The summed E-state index contributed by atoms with van der Waals surface area (Å²) in [6.07, 6.45) is 0. The van der Waals surface area contributed by atoms with Crippen LogP contribution in [0.4, 0.5) is 0 Å². The second kappa shape index (κ2) is 7.09. The van der Waals surface area contributed by atoms with E-state index in [1.807, 2.05) is 0 Å². The molecule has 0 aliphatic rings. The van der Waals surface area contributed by atoms with Crippen molar-refractivity contribution in [1.29, 1.82) is 0 Å². The van der Waals surface area contributed by atoms with E-state index >= 15 is 0 Å². The Morgan fingerprint density at radius 3 is 2.50 bits per heavy atom. The lowest BCUT2D eigenvalue weighted by molar-refractivity contribution is 0.146. The minimum absolute atomic E-state index is 0.126. The van der Waals surface area contributed by atoms with Crippen LogP contribution in [0.2, 0.25) is 0 Å². The van der Waals surface area contributed by atoms with Crippen LogP contribution in [0.5, 0.6) is 5.75 Å². The van der Waals surface area contributed by atoms with Crippen molar-refractivity contribution in [3.8, 4) is 5.75 Å². The molecule has 0 spiro atoms. The summed E-state index contributed by atoms with van der Waals surface area (Å²) < 4.78 is 5.52. The Labute approximate surface area is 124 Å². The number of ether oxygens (including phenoxy) is 1. The van der Waals surface area contributed by atoms with E-state index in [-0.39, 0.29) is 5.41 Å². The maximum absolute atomic E-state index is 5.88. The number of aryl methyl sites for hydroxylation is 1. The molecule has 0 saturated carbocycles. The smallest absolute Gasteiger partial charge is 0.123 e. The summed E-state index contributed by atoms with van der Waals surface area (Å²) >= 11 is 0. The van der Waals surface area contributed by atoms with Crippen molar-refractivity contribution in [2.24, 2.45) is 11.1 Å². The third kappa shape index (κ3) is 4.22. The number of rotatable bonds is 7. The van der Waals surface area contributed by atoms with Gasteiger partial charge in [-0.15, -0.1) is 0 Å². The zero-order valence-corrected chi connectivity index (χ0v) is 13.9. The van der Waals surface area contributed by atoms with Crippen LogP contribution in [-0.2, 0) is 0 Å². The molecule has 20 heavy (non-hydrogen) atoms. The molecule has 0 aromatic heterocycles. The molecule has 2 N–H and O–H groups in total. The Morgan fingerprint density at radius 1 is 1.35 bits per heavy atom. The zero-order valence-electron chi connectivity index (χ0n) is 13.9. The molecule has 0 aliphatic carbocycles. The fourth-order valence-electron chi connectivity index (χ4n) is 2.51. The van der Waals surface area contributed by atoms with E-state index in [4.69, 9.17) is 10.5 Å². The Balaban J connectivity index is 3.01. The van der Waals surface area contributed by atoms with Crippen LogP contribution in [0.25, 0.3) is 0 Å². The minimum atomic E-state index is 0.126. The van der Waals surface area contributed by atoms with Gasteiger partial charge in [0.25, 0.3) is 0 Å². The molecular weight excluding hydrogens is 248 g/mol. The Bertz CT molecular complexity index is 429. The molecular formula is C17H30N2O. The summed E-state index contributed by atoms with van der Waals surface area (Å²) in [4.78, 5) is 2.46. The first-order valence-electron chi connectivity index (χ1n) is 7.43. The molecule has 1 aromatic rings. The lowest BCUT2D eigenvalue weighted by Crippen LogP contribution is -2.40. The van der Waals surface area contributed by atoms with Gasteiger partial charge in [-0.05, 0) is 38.4 Å². The lowest BCUT2D eigenvalue weighted by Gasteiger charge is -2.36.